The lowest BCUT2D eigenvalue weighted by Gasteiger charge is -2.14. The second-order valence-electron chi connectivity index (χ2n) is 4.15. The Labute approximate surface area is 122 Å². The third kappa shape index (κ3) is 2.95. The summed E-state index contributed by atoms with van der Waals surface area (Å²) in [5.74, 6) is -1.86. The first kappa shape index (κ1) is 14.4. The zero-order valence-corrected chi connectivity index (χ0v) is 12.2. The van der Waals surface area contributed by atoms with Gasteiger partial charge in [0.1, 0.15) is 17.5 Å². The van der Waals surface area contributed by atoms with Gasteiger partial charge in [0, 0.05) is 16.1 Å². The summed E-state index contributed by atoms with van der Waals surface area (Å²) in [4.78, 5) is 0. The van der Waals surface area contributed by atoms with Gasteiger partial charge < -0.3 is 0 Å². The summed E-state index contributed by atoms with van der Waals surface area (Å²) in [6, 6.07) is 6.10. The summed E-state index contributed by atoms with van der Waals surface area (Å²) in [7, 11) is 0. The maximum Gasteiger partial charge on any atom is 0.131 e. The van der Waals surface area contributed by atoms with Crippen LogP contribution in [0.25, 0.3) is 0 Å². The Morgan fingerprint density at radius 1 is 1.00 bits per heavy atom. The topological polar surface area (TPSA) is 0 Å². The van der Waals surface area contributed by atoms with Crippen molar-refractivity contribution in [3.63, 3.8) is 0 Å². The SMILES string of the molecule is Cc1cc(C(Cl)c2cc(F)ccc2Br)c(F)cc1F. The molecule has 2 rings (SSSR count). The van der Waals surface area contributed by atoms with Crippen LogP contribution in [0.3, 0.4) is 0 Å². The van der Waals surface area contributed by atoms with Crippen molar-refractivity contribution in [1.29, 1.82) is 0 Å². The zero-order chi connectivity index (χ0) is 14.2. The van der Waals surface area contributed by atoms with Crippen molar-refractivity contribution >= 4 is 27.5 Å². The van der Waals surface area contributed by atoms with Crippen LogP contribution in [0.4, 0.5) is 13.2 Å². The van der Waals surface area contributed by atoms with Gasteiger partial charge in [0.15, 0.2) is 0 Å². The Morgan fingerprint density at radius 2 is 1.68 bits per heavy atom. The lowest BCUT2D eigenvalue weighted by atomic mass is 10.0. The molecule has 0 saturated heterocycles. The molecule has 0 heterocycles. The van der Waals surface area contributed by atoms with Crippen molar-refractivity contribution in [3.05, 3.63) is 68.9 Å². The van der Waals surface area contributed by atoms with Gasteiger partial charge in [-0.25, -0.2) is 13.2 Å². The second kappa shape index (κ2) is 5.55. The largest absolute Gasteiger partial charge is 0.207 e. The summed E-state index contributed by atoms with van der Waals surface area (Å²) in [5, 5.41) is -0.899. The molecule has 0 saturated carbocycles. The molecule has 0 radical (unpaired) electrons. The summed E-state index contributed by atoms with van der Waals surface area (Å²) < 4.78 is 40.8. The summed E-state index contributed by atoms with van der Waals surface area (Å²) in [5.41, 5.74) is 0.799. The van der Waals surface area contributed by atoms with E-state index in [1.54, 1.807) is 0 Å². The highest BCUT2D eigenvalue weighted by molar-refractivity contribution is 9.10. The van der Waals surface area contributed by atoms with Gasteiger partial charge in [-0.1, -0.05) is 15.9 Å². The number of benzene rings is 2. The van der Waals surface area contributed by atoms with Gasteiger partial charge in [-0.2, -0.15) is 0 Å². The van der Waals surface area contributed by atoms with Gasteiger partial charge in [0.25, 0.3) is 0 Å². The second-order valence-corrected chi connectivity index (χ2v) is 5.44. The first-order valence-corrected chi connectivity index (χ1v) is 6.67. The van der Waals surface area contributed by atoms with Gasteiger partial charge in [0.2, 0.25) is 0 Å². The summed E-state index contributed by atoms with van der Waals surface area (Å²) in [6.45, 7) is 1.52. The minimum atomic E-state index is -0.899. The quantitative estimate of drug-likeness (QED) is 0.628. The van der Waals surface area contributed by atoms with Gasteiger partial charge in [0.05, 0.1) is 5.38 Å². The van der Waals surface area contributed by atoms with E-state index in [9.17, 15) is 13.2 Å². The van der Waals surface area contributed by atoms with Crippen LogP contribution in [-0.4, -0.2) is 0 Å². The monoisotopic (exact) mass is 348 g/mol. The van der Waals surface area contributed by atoms with E-state index in [4.69, 9.17) is 11.6 Å². The van der Waals surface area contributed by atoms with Crippen molar-refractivity contribution in [2.45, 2.75) is 12.3 Å². The molecule has 19 heavy (non-hydrogen) atoms. The third-order valence-corrected chi connectivity index (χ3v) is 3.97. The third-order valence-electron chi connectivity index (χ3n) is 2.78. The Morgan fingerprint density at radius 3 is 2.37 bits per heavy atom. The van der Waals surface area contributed by atoms with Crippen LogP contribution in [0, 0.1) is 24.4 Å². The minimum absolute atomic E-state index is 0.117. The van der Waals surface area contributed by atoms with Crippen molar-refractivity contribution in [3.8, 4) is 0 Å². The Hall–Kier alpha value is -1.00. The van der Waals surface area contributed by atoms with Crippen LogP contribution < -0.4 is 0 Å². The molecule has 1 atom stereocenters. The van der Waals surface area contributed by atoms with E-state index >= 15 is 0 Å². The molecule has 0 aliphatic rings. The highest BCUT2D eigenvalue weighted by atomic mass is 79.9. The van der Waals surface area contributed by atoms with Crippen LogP contribution in [-0.2, 0) is 0 Å². The van der Waals surface area contributed by atoms with Crippen LogP contribution in [0.15, 0.2) is 34.8 Å². The van der Waals surface area contributed by atoms with Crippen LogP contribution in [0.2, 0.25) is 0 Å². The normalized spacial score (nSPS) is 12.5. The van der Waals surface area contributed by atoms with E-state index in [2.05, 4.69) is 15.9 Å². The van der Waals surface area contributed by atoms with Crippen molar-refractivity contribution in [2.24, 2.45) is 0 Å². The molecule has 0 aromatic heterocycles. The summed E-state index contributed by atoms with van der Waals surface area (Å²) in [6.07, 6.45) is 0. The minimum Gasteiger partial charge on any atom is -0.207 e. The number of rotatable bonds is 2. The number of hydrogen-bond acceptors (Lipinski definition) is 0. The molecule has 2 aromatic rings. The van der Waals surface area contributed by atoms with Gasteiger partial charge in [-0.05, 0) is 42.3 Å². The predicted molar refractivity (Wildman–Crippen MR) is 72.9 cm³/mol. The molecule has 2 aromatic carbocycles. The molecule has 0 aliphatic carbocycles. The molecular formula is C14H9BrClF3. The van der Waals surface area contributed by atoms with Gasteiger partial charge in [-0.15, -0.1) is 11.6 Å². The molecule has 0 amide bonds. The molecule has 0 fully saturated rings. The van der Waals surface area contributed by atoms with Crippen molar-refractivity contribution < 1.29 is 13.2 Å². The lowest BCUT2D eigenvalue weighted by Crippen LogP contribution is -2.01. The number of hydrogen-bond donors (Lipinski definition) is 0. The van der Waals surface area contributed by atoms with Gasteiger partial charge in [-0.3, -0.25) is 0 Å². The average Bonchev–Trinajstić information content (AvgIpc) is 2.36. The van der Waals surface area contributed by atoms with E-state index in [1.807, 2.05) is 0 Å². The zero-order valence-electron chi connectivity index (χ0n) is 9.85. The van der Waals surface area contributed by atoms with Crippen molar-refractivity contribution in [2.75, 3.05) is 0 Å². The van der Waals surface area contributed by atoms with E-state index in [1.165, 1.54) is 31.2 Å². The Balaban J connectivity index is 2.52. The number of aryl methyl sites for hydroxylation is 1. The first-order chi connectivity index (χ1) is 8.90. The molecular weight excluding hydrogens is 341 g/mol. The van der Waals surface area contributed by atoms with E-state index < -0.39 is 22.8 Å². The smallest absolute Gasteiger partial charge is 0.131 e. The highest BCUT2D eigenvalue weighted by Gasteiger charge is 2.20. The van der Waals surface area contributed by atoms with Crippen LogP contribution in [0.5, 0.6) is 0 Å². The van der Waals surface area contributed by atoms with E-state index in [-0.39, 0.29) is 11.1 Å². The number of alkyl halides is 1. The average molecular weight is 350 g/mol. The Kier molecular flexibility index (Phi) is 4.21. The van der Waals surface area contributed by atoms with Gasteiger partial charge >= 0.3 is 0 Å². The molecule has 5 heteroatoms. The van der Waals surface area contributed by atoms with E-state index in [0.29, 0.717) is 10.0 Å². The molecule has 1 unspecified atom stereocenters. The maximum atomic E-state index is 13.8. The molecule has 100 valence electrons. The van der Waals surface area contributed by atoms with Crippen LogP contribution >= 0.6 is 27.5 Å². The lowest BCUT2D eigenvalue weighted by molar-refractivity contribution is 0.567. The molecule has 0 bridgehead atoms. The standard InChI is InChI=1S/C14H9BrClF3/c1-7-4-10(13(19)6-12(7)18)14(16)9-5-8(17)2-3-11(9)15/h2-6,14H,1H3. The van der Waals surface area contributed by atoms with Crippen LogP contribution in [0.1, 0.15) is 22.1 Å². The predicted octanol–water partition coefficient (Wildman–Crippen LogP) is 5.50. The fourth-order valence-corrected chi connectivity index (χ4v) is 2.71. The number of halogens is 5. The maximum absolute atomic E-state index is 13.8. The molecule has 0 N–H and O–H groups in total. The first-order valence-electron chi connectivity index (χ1n) is 5.44. The fraction of sp³-hybridized carbons (Fsp3) is 0.143. The molecule has 0 aliphatic heterocycles. The van der Waals surface area contributed by atoms with Crippen molar-refractivity contribution in [1.82, 2.24) is 0 Å². The molecule has 0 spiro atoms. The Bertz CT molecular complexity index is 628. The fourth-order valence-electron chi connectivity index (χ4n) is 1.75. The molecule has 0 nitrogen and oxygen atoms in total. The van der Waals surface area contributed by atoms with E-state index in [0.717, 1.165) is 6.07 Å². The highest BCUT2D eigenvalue weighted by Crippen LogP contribution is 2.36. The summed E-state index contributed by atoms with van der Waals surface area (Å²) >= 11 is 9.42.